The summed E-state index contributed by atoms with van der Waals surface area (Å²) in [6.45, 7) is 1.97. The zero-order valence-corrected chi connectivity index (χ0v) is 8.53. The summed E-state index contributed by atoms with van der Waals surface area (Å²) in [6.07, 6.45) is 12.6. The van der Waals surface area contributed by atoms with E-state index in [1.165, 1.54) is 17.8 Å². The molecule has 0 spiro atoms. The van der Waals surface area contributed by atoms with Crippen molar-refractivity contribution in [3.05, 3.63) is 78.6 Å². The molecule has 0 amide bonds. The molecule has 5 radical (unpaired) electrons. The molecule has 3 rings (SSSR count). The number of aryl methyl sites for hydroxylation is 1. The molecule has 1 aromatic rings. The first-order valence-electron chi connectivity index (χ1n) is 5.06. The van der Waals surface area contributed by atoms with Crippen molar-refractivity contribution in [3.8, 4) is 0 Å². The van der Waals surface area contributed by atoms with Gasteiger partial charge in [-0.05, 0) is 31.9 Å². The molecule has 2 aliphatic carbocycles. The van der Waals surface area contributed by atoms with Gasteiger partial charge in [0.05, 0.1) is 5.92 Å². The SMILES string of the molecule is Cc1ccc([C]2[CH][CH][C]3C=CC=C[C]32)o1. The molecule has 1 saturated carbocycles. The summed E-state index contributed by atoms with van der Waals surface area (Å²) in [4.78, 5) is 0. The van der Waals surface area contributed by atoms with E-state index in [0.29, 0.717) is 0 Å². The van der Waals surface area contributed by atoms with Gasteiger partial charge in [-0.25, -0.2) is 0 Å². The average molecular weight is 195 g/mol. The van der Waals surface area contributed by atoms with Crippen molar-refractivity contribution in [2.45, 2.75) is 6.92 Å². The Balaban J connectivity index is 1.89. The molecule has 2 aliphatic rings. The maximum Gasteiger partial charge on any atom is 0.112 e. The maximum absolute atomic E-state index is 5.64. The predicted molar refractivity (Wildman–Crippen MR) is 59.2 cm³/mol. The van der Waals surface area contributed by atoms with E-state index in [1.54, 1.807) is 0 Å². The van der Waals surface area contributed by atoms with Gasteiger partial charge in [0.15, 0.2) is 0 Å². The molecule has 1 heterocycles. The normalized spacial score (nSPS) is 22.5. The Morgan fingerprint density at radius 1 is 0.933 bits per heavy atom. The molecule has 15 heavy (non-hydrogen) atoms. The van der Waals surface area contributed by atoms with Crippen LogP contribution >= 0.6 is 0 Å². The van der Waals surface area contributed by atoms with Gasteiger partial charge in [0, 0.05) is 11.8 Å². The van der Waals surface area contributed by atoms with Gasteiger partial charge in [-0.1, -0.05) is 24.3 Å². The van der Waals surface area contributed by atoms with Crippen molar-refractivity contribution in [1.82, 2.24) is 0 Å². The molecule has 0 aromatic carbocycles. The first-order valence-corrected chi connectivity index (χ1v) is 5.06. The van der Waals surface area contributed by atoms with Gasteiger partial charge in [-0.2, -0.15) is 0 Å². The third-order valence-corrected chi connectivity index (χ3v) is 2.69. The Morgan fingerprint density at radius 2 is 1.80 bits per heavy atom. The van der Waals surface area contributed by atoms with Crippen LogP contribution < -0.4 is 0 Å². The lowest BCUT2D eigenvalue weighted by Gasteiger charge is -2.18. The summed E-state index contributed by atoms with van der Waals surface area (Å²) in [5.74, 6) is 5.61. The van der Waals surface area contributed by atoms with Crippen molar-refractivity contribution in [1.29, 1.82) is 0 Å². The highest BCUT2D eigenvalue weighted by atomic mass is 16.3. The lowest BCUT2D eigenvalue weighted by Crippen LogP contribution is -2.08. The molecule has 0 atom stereocenters. The number of hydrogen-bond donors (Lipinski definition) is 0. The van der Waals surface area contributed by atoms with E-state index in [4.69, 9.17) is 4.42 Å². The van der Waals surface area contributed by atoms with Crippen molar-refractivity contribution in [2.75, 3.05) is 0 Å². The smallest absolute Gasteiger partial charge is 0.112 e. The number of furan rings is 1. The molecule has 1 fully saturated rings. The Hall–Kier alpha value is -1.24. The summed E-state index contributed by atoms with van der Waals surface area (Å²) in [6, 6.07) is 4.02. The standard InChI is InChI=1S/C14H11O/c1-10-6-9-14(15-10)13-8-7-11-4-2-3-5-12(11)13/h2-9H,1H3. The van der Waals surface area contributed by atoms with E-state index < -0.39 is 0 Å². The average Bonchev–Trinajstić information content (AvgIpc) is 2.83. The third kappa shape index (κ3) is 1.46. The van der Waals surface area contributed by atoms with E-state index in [1.807, 2.05) is 19.1 Å². The minimum absolute atomic E-state index is 0.953. The van der Waals surface area contributed by atoms with Crippen LogP contribution in [0.1, 0.15) is 11.5 Å². The summed E-state index contributed by atoms with van der Waals surface area (Å²) in [7, 11) is 0. The van der Waals surface area contributed by atoms with Gasteiger partial charge in [-0.15, -0.1) is 0 Å². The largest absolute Gasteiger partial charge is 0.466 e. The van der Waals surface area contributed by atoms with Gasteiger partial charge in [0.2, 0.25) is 0 Å². The van der Waals surface area contributed by atoms with E-state index in [9.17, 15) is 0 Å². The lowest BCUT2D eigenvalue weighted by molar-refractivity contribution is 0.502. The fourth-order valence-corrected chi connectivity index (χ4v) is 1.94. The second-order valence-electron chi connectivity index (χ2n) is 3.74. The summed E-state index contributed by atoms with van der Waals surface area (Å²) in [5, 5.41) is 0. The third-order valence-electron chi connectivity index (χ3n) is 2.69. The van der Waals surface area contributed by atoms with Gasteiger partial charge in [0.25, 0.3) is 0 Å². The molecule has 1 nitrogen and oxygen atoms in total. The van der Waals surface area contributed by atoms with Crippen LogP contribution in [0.15, 0.2) is 40.9 Å². The molecule has 0 aliphatic heterocycles. The van der Waals surface area contributed by atoms with Crippen LogP contribution in [0.2, 0.25) is 0 Å². The van der Waals surface area contributed by atoms with Crippen molar-refractivity contribution < 1.29 is 4.42 Å². The van der Waals surface area contributed by atoms with Crippen LogP contribution in [0, 0.1) is 37.5 Å². The van der Waals surface area contributed by atoms with Crippen LogP contribution in [-0.4, -0.2) is 0 Å². The first kappa shape index (κ1) is 9.02. The molecule has 1 aromatic heterocycles. The molecular formula is C14H11O. The monoisotopic (exact) mass is 195 g/mol. The van der Waals surface area contributed by atoms with Crippen molar-refractivity contribution in [3.63, 3.8) is 0 Å². The summed E-state index contributed by atoms with van der Waals surface area (Å²) in [5.41, 5.74) is 0. The highest BCUT2D eigenvalue weighted by Gasteiger charge is 2.38. The van der Waals surface area contributed by atoms with Crippen molar-refractivity contribution >= 4 is 0 Å². The topological polar surface area (TPSA) is 13.1 Å². The fourth-order valence-electron chi connectivity index (χ4n) is 1.94. The van der Waals surface area contributed by atoms with E-state index in [-0.39, 0.29) is 0 Å². The molecule has 73 valence electrons. The van der Waals surface area contributed by atoms with Gasteiger partial charge >= 0.3 is 0 Å². The minimum Gasteiger partial charge on any atom is -0.466 e. The number of allylic oxidation sites excluding steroid dienone is 4. The quantitative estimate of drug-likeness (QED) is 0.670. The maximum atomic E-state index is 5.64. The highest BCUT2D eigenvalue weighted by Crippen LogP contribution is 2.47. The molecular weight excluding hydrogens is 184 g/mol. The molecule has 0 bridgehead atoms. The number of rotatable bonds is 1. The molecule has 1 heteroatoms. The lowest BCUT2D eigenvalue weighted by atomic mass is 9.85. The first-order chi connectivity index (χ1) is 7.34. The Kier molecular flexibility index (Phi) is 2.05. The minimum atomic E-state index is 0.953. The zero-order valence-electron chi connectivity index (χ0n) is 8.53. The fraction of sp³-hybridized carbons (Fsp3) is 0.0714. The Morgan fingerprint density at radius 3 is 2.60 bits per heavy atom. The molecule has 0 saturated heterocycles. The summed E-state index contributed by atoms with van der Waals surface area (Å²) < 4.78 is 5.64. The van der Waals surface area contributed by atoms with Crippen LogP contribution in [0.4, 0.5) is 0 Å². The van der Waals surface area contributed by atoms with E-state index in [2.05, 4.69) is 37.1 Å². The second-order valence-corrected chi connectivity index (χ2v) is 3.74. The second kappa shape index (κ2) is 3.41. The van der Waals surface area contributed by atoms with E-state index in [0.717, 1.165) is 11.5 Å². The van der Waals surface area contributed by atoms with Crippen LogP contribution in [0.5, 0.6) is 0 Å². The molecule has 0 N–H and O–H groups in total. The zero-order chi connectivity index (χ0) is 10.3. The Bertz CT molecular complexity index is 411. The van der Waals surface area contributed by atoms with Crippen molar-refractivity contribution in [2.24, 2.45) is 0 Å². The summed E-state index contributed by atoms with van der Waals surface area (Å²) >= 11 is 0. The number of hydrogen-bond acceptors (Lipinski definition) is 1. The predicted octanol–water partition coefficient (Wildman–Crippen LogP) is 3.21. The van der Waals surface area contributed by atoms with Gasteiger partial charge in [0.1, 0.15) is 11.5 Å². The highest BCUT2D eigenvalue weighted by molar-refractivity contribution is 5.66. The number of fused-ring (bicyclic) bond motifs is 1. The van der Waals surface area contributed by atoms with Crippen LogP contribution in [-0.2, 0) is 0 Å². The van der Waals surface area contributed by atoms with Gasteiger partial charge in [-0.3, -0.25) is 0 Å². The van der Waals surface area contributed by atoms with Crippen LogP contribution in [0.25, 0.3) is 0 Å². The Labute approximate surface area is 90.5 Å². The van der Waals surface area contributed by atoms with E-state index >= 15 is 0 Å². The van der Waals surface area contributed by atoms with Gasteiger partial charge < -0.3 is 4.42 Å². The van der Waals surface area contributed by atoms with Crippen LogP contribution in [0.3, 0.4) is 0 Å². The molecule has 0 unspecified atom stereocenters.